The molecule has 0 heterocycles. The SMILES string of the molecule is CC(=O)/C(SC(F)(F)F)=C(/SC(F)(F)F)c1cccc2ccccc12. The highest BCUT2D eigenvalue weighted by molar-refractivity contribution is 8.12. The average molecular weight is 396 g/mol. The lowest BCUT2D eigenvalue weighted by atomic mass is 10.0. The van der Waals surface area contributed by atoms with Gasteiger partial charge in [0.2, 0.25) is 0 Å². The maximum Gasteiger partial charge on any atom is 0.446 e. The molecule has 2 aromatic carbocycles. The van der Waals surface area contributed by atoms with Crippen LogP contribution in [0.25, 0.3) is 15.7 Å². The van der Waals surface area contributed by atoms with Gasteiger partial charge in [-0.2, -0.15) is 26.3 Å². The Morgan fingerprint density at radius 2 is 1.40 bits per heavy atom. The van der Waals surface area contributed by atoms with Crippen LogP contribution >= 0.6 is 23.5 Å². The second-order valence-electron chi connectivity index (χ2n) is 4.84. The minimum absolute atomic E-state index is 0.0672. The van der Waals surface area contributed by atoms with E-state index in [0.717, 1.165) is 6.92 Å². The Balaban J connectivity index is 2.78. The van der Waals surface area contributed by atoms with Gasteiger partial charge < -0.3 is 0 Å². The molecule has 0 aliphatic carbocycles. The number of carbonyl (C=O) groups is 1. The van der Waals surface area contributed by atoms with Gasteiger partial charge in [-0.25, -0.2) is 0 Å². The van der Waals surface area contributed by atoms with Crippen molar-refractivity contribution in [3.05, 3.63) is 52.9 Å². The zero-order valence-corrected chi connectivity index (χ0v) is 14.2. The second kappa shape index (κ2) is 7.33. The normalized spacial score (nSPS) is 13.7. The van der Waals surface area contributed by atoms with Gasteiger partial charge in [-0.15, -0.1) is 0 Å². The summed E-state index contributed by atoms with van der Waals surface area (Å²) >= 11 is -1.54. The van der Waals surface area contributed by atoms with E-state index < -0.39 is 50.1 Å². The zero-order chi connectivity index (χ0) is 18.8. The largest absolute Gasteiger partial charge is 0.446 e. The van der Waals surface area contributed by atoms with E-state index in [1.54, 1.807) is 24.3 Å². The van der Waals surface area contributed by atoms with Crippen molar-refractivity contribution in [2.24, 2.45) is 0 Å². The van der Waals surface area contributed by atoms with Gasteiger partial charge in [-0.05, 0) is 46.8 Å². The minimum Gasteiger partial charge on any atom is -0.294 e. The molecule has 0 amide bonds. The van der Waals surface area contributed by atoms with E-state index in [9.17, 15) is 31.1 Å². The third-order valence-corrected chi connectivity index (χ3v) is 4.91. The molecule has 0 saturated heterocycles. The molecule has 25 heavy (non-hydrogen) atoms. The Bertz CT molecular complexity index is 818. The number of hydrogen-bond acceptors (Lipinski definition) is 3. The number of halogens is 6. The summed E-state index contributed by atoms with van der Waals surface area (Å²) in [6, 6.07) is 10.7. The lowest BCUT2D eigenvalue weighted by Crippen LogP contribution is -2.09. The van der Waals surface area contributed by atoms with Crippen molar-refractivity contribution in [2.75, 3.05) is 0 Å². The summed E-state index contributed by atoms with van der Waals surface area (Å²) in [7, 11) is 0. The van der Waals surface area contributed by atoms with Crippen LogP contribution < -0.4 is 0 Å². The first kappa shape index (κ1) is 19.7. The van der Waals surface area contributed by atoms with Crippen LogP contribution in [0.4, 0.5) is 26.3 Å². The lowest BCUT2D eigenvalue weighted by Gasteiger charge is -2.17. The highest BCUT2D eigenvalue weighted by Gasteiger charge is 2.38. The summed E-state index contributed by atoms with van der Waals surface area (Å²) < 4.78 is 77.3. The number of allylic oxidation sites excluding steroid dienone is 1. The van der Waals surface area contributed by atoms with Crippen molar-refractivity contribution >= 4 is 45.0 Å². The van der Waals surface area contributed by atoms with E-state index in [1.165, 1.54) is 18.2 Å². The molecule has 0 bridgehead atoms. The van der Waals surface area contributed by atoms with E-state index in [4.69, 9.17) is 0 Å². The molecular weight excluding hydrogens is 386 g/mol. The van der Waals surface area contributed by atoms with Crippen LogP contribution in [0.15, 0.2) is 47.4 Å². The van der Waals surface area contributed by atoms with Crippen LogP contribution in [-0.2, 0) is 4.79 Å². The summed E-state index contributed by atoms with van der Waals surface area (Å²) in [5, 5.41) is 0.887. The number of Topliss-reactive ketones (excluding diaryl/α,β-unsaturated/α-hetero) is 1. The molecule has 0 fully saturated rings. The molecule has 134 valence electrons. The summed E-state index contributed by atoms with van der Waals surface area (Å²) in [6.07, 6.45) is 0. The summed E-state index contributed by atoms with van der Waals surface area (Å²) in [5.41, 5.74) is -9.80. The quantitative estimate of drug-likeness (QED) is 0.428. The summed E-state index contributed by atoms with van der Waals surface area (Å²) in [6.45, 7) is 0.816. The molecule has 0 aromatic heterocycles. The van der Waals surface area contributed by atoms with Gasteiger partial charge in [-0.1, -0.05) is 42.5 Å². The van der Waals surface area contributed by atoms with Crippen molar-refractivity contribution < 1.29 is 31.1 Å². The molecule has 1 nitrogen and oxygen atoms in total. The number of thioether (sulfide) groups is 2. The fraction of sp³-hybridized carbons (Fsp3) is 0.188. The maximum absolute atomic E-state index is 13.0. The van der Waals surface area contributed by atoms with E-state index in [1.807, 2.05) is 0 Å². The van der Waals surface area contributed by atoms with Crippen molar-refractivity contribution in [1.29, 1.82) is 0 Å². The molecule has 0 atom stereocenters. The van der Waals surface area contributed by atoms with Gasteiger partial charge in [0.1, 0.15) is 0 Å². The molecular formula is C16H10F6OS2. The smallest absolute Gasteiger partial charge is 0.294 e. The predicted molar refractivity (Wildman–Crippen MR) is 88.8 cm³/mol. The minimum atomic E-state index is -4.89. The monoisotopic (exact) mass is 396 g/mol. The van der Waals surface area contributed by atoms with Gasteiger partial charge in [0.05, 0.1) is 4.91 Å². The topological polar surface area (TPSA) is 17.1 Å². The van der Waals surface area contributed by atoms with E-state index >= 15 is 0 Å². The molecule has 0 aliphatic rings. The fourth-order valence-corrected chi connectivity index (χ4v) is 3.74. The molecule has 0 unspecified atom stereocenters. The van der Waals surface area contributed by atoms with Crippen LogP contribution in [0.2, 0.25) is 0 Å². The summed E-state index contributed by atoms with van der Waals surface area (Å²) in [5.74, 6) is -1.08. The third-order valence-electron chi connectivity index (χ3n) is 3.00. The first-order valence-corrected chi connectivity index (χ1v) is 8.36. The highest BCUT2D eigenvalue weighted by Crippen LogP contribution is 2.49. The number of carbonyl (C=O) groups excluding carboxylic acids is 1. The van der Waals surface area contributed by atoms with Gasteiger partial charge in [0, 0.05) is 4.91 Å². The van der Waals surface area contributed by atoms with Gasteiger partial charge in [-0.3, -0.25) is 4.79 Å². The molecule has 2 rings (SSSR count). The van der Waals surface area contributed by atoms with Crippen LogP contribution in [0, 0.1) is 0 Å². The maximum atomic E-state index is 13.0. The first-order chi connectivity index (χ1) is 11.5. The molecule has 9 heteroatoms. The van der Waals surface area contributed by atoms with Crippen LogP contribution in [0.1, 0.15) is 12.5 Å². The molecule has 2 aromatic rings. The average Bonchev–Trinajstić information content (AvgIpc) is 2.48. The fourth-order valence-electron chi connectivity index (χ4n) is 2.16. The van der Waals surface area contributed by atoms with Crippen molar-refractivity contribution in [2.45, 2.75) is 17.9 Å². The van der Waals surface area contributed by atoms with Crippen LogP contribution in [0.5, 0.6) is 0 Å². The number of hydrogen-bond donors (Lipinski definition) is 0. The molecule has 0 spiro atoms. The number of ketones is 1. The van der Waals surface area contributed by atoms with Crippen molar-refractivity contribution in [3.63, 3.8) is 0 Å². The number of benzene rings is 2. The number of rotatable bonds is 4. The molecule has 0 saturated carbocycles. The predicted octanol–water partition coefficient (Wildman–Crippen LogP) is 6.60. The Hall–Kier alpha value is -1.61. The van der Waals surface area contributed by atoms with Gasteiger partial charge >= 0.3 is 11.0 Å². The molecule has 0 N–H and O–H groups in total. The van der Waals surface area contributed by atoms with Crippen molar-refractivity contribution in [3.8, 4) is 0 Å². The zero-order valence-electron chi connectivity index (χ0n) is 12.5. The summed E-state index contributed by atoms with van der Waals surface area (Å²) in [4.78, 5) is 9.97. The third kappa shape index (κ3) is 5.43. The van der Waals surface area contributed by atoms with Crippen LogP contribution in [0.3, 0.4) is 0 Å². The van der Waals surface area contributed by atoms with E-state index in [-0.39, 0.29) is 5.56 Å². The van der Waals surface area contributed by atoms with Gasteiger partial charge in [0.15, 0.2) is 5.78 Å². The lowest BCUT2D eigenvalue weighted by molar-refractivity contribution is -0.113. The van der Waals surface area contributed by atoms with Gasteiger partial charge in [0.25, 0.3) is 0 Å². The van der Waals surface area contributed by atoms with Crippen LogP contribution in [-0.4, -0.2) is 16.8 Å². The Labute approximate surface area is 147 Å². The van der Waals surface area contributed by atoms with E-state index in [2.05, 4.69) is 0 Å². The highest BCUT2D eigenvalue weighted by atomic mass is 32.2. The first-order valence-electron chi connectivity index (χ1n) is 6.73. The number of fused-ring (bicyclic) bond motifs is 1. The Kier molecular flexibility index (Phi) is 5.78. The van der Waals surface area contributed by atoms with Crippen molar-refractivity contribution in [1.82, 2.24) is 0 Å². The molecule has 0 radical (unpaired) electrons. The Morgan fingerprint density at radius 1 is 0.840 bits per heavy atom. The molecule has 0 aliphatic heterocycles. The second-order valence-corrected chi connectivity index (χ2v) is 6.99. The standard InChI is InChI=1S/C16H10F6OS2/c1-9(23)13(24-15(17,18)19)14(25-16(20,21)22)12-8-4-6-10-5-2-3-7-11(10)12/h2-8H,1H3/b14-13-. The van der Waals surface area contributed by atoms with E-state index in [0.29, 0.717) is 10.8 Å². The Morgan fingerprint density at radius 3 is 1.96 bits per heavy atom. The number of alkyl halides is 6.